The maximum absolute atomic E-state index is 5.19. The Kier molecular flexibility index (Phi) is 14.7. The number of rotatable bonds is 3. The summed E-state index contributed by atoms with van der Waals surface area (Å²) in [4.78, 5) is 4.48. The van der Waals surface area contributed by atoms with Crippen molar-refractivity contribution in [3.63, 3.8) is 0 Å². The highest BCUT2D eigenvalue weighted by molar-refractivity contribution is 6.17. The molecule has 3 rings (SSSR count). The summed E-state index contributed by atoms with van der Waals surface area (Å²) in [5.74, 6) is 0.792. The van der Waals surface area contributed by atoms with E-state index < -0.39 is 0 Å². The normalized spacial score (nSPS) is 9.11. The number of hydrogen-bond acceptors (Lipinski definition) is 1. The lowest BCUT2D eigenvalue weighted by Gasteiger charge is -2.04. The van der Waals surface area contributed by atoms with Crippen LogP contribution >= 0.6 is 11.6 Å². The van der Waals surface area contributed by atoms with Gasteiger partial charge in [-0.2, -0.15) is 0 Å². The fourth-order valence-corrected chi connectivity index (χ4v) is 2.39. The predicted molar refractivity (Wildman–Crippen MR) is 129 cm³/mol. The Bertz CT molecular complexity index is 789. The van der Waals surface area contributed by atoms with E-state index in [0.29, 0.717) is 0 Å². The van der Waals surface area contributed by atoms with E-state index in [2.05, 4.69) is 73.9 Å². The summed E-state index contributed by atoms with van der Waals surface area (Å²) < 4.78 is 0. The summed E-state index contributed by atoms with van der Waals surface area (Å²) in [6, 6.07) is 18.8. The van der Waals surface area contributed by atoms with Gasteiger partial charge < -0.3 is 0 Å². The van der Waals surface area contributed by atoms with Crippen molar-refractivity contribution in [2.75, 3.05) is 5.88 Å². The van der Waals surface area contributed by atoms with Gasteiger partial charge in [0.05, 0.1) is 5.52 Å². The van der Waals surface area contributed by atoms with Gasteiger partial charge in [-0.3, -0.25) is 4.98 Å². The molecule has 0 atom stereocenters. The van der Waals surface area contributed by atoms with Crippen LogP contribution in [0.3, 0.4) is 0 Å². The zero-order valence-corrected chi connectivity index (χ0v) is 19.2. The Morgan fingerprint density at radius 2 is 1.54 bits per heavy atom. The number of benzene rings is 2. The van der Waals surface area contributed by atoms with Crippen LogP contribution in [-0.2, 0) is 6.42 Å². The van der Waals surface area contributed by atoms with Gasteiger partial charge in [0.15, 0.2) is 0 Å². The first-order chi connectivity index (χ1) is 13.5. The summed E-state index contributed by atoms with van der Waals surface area (Å²) >= 11 is 5.19. The van der Waals surface area contributed by atoms with Crippen molar-refractivity contribution in [1.82, 2.24) is 4.98 Å². The molecular weight excluding hydrogens is 362 g/mol. The first-order valence-corrected chi connectivity index (χ1v) is 10.7. The molecule has 0 aliphatic carbocycles. The summed E-state index contributed by atoms with van der Waals surface area (Å²) in [5, 5.41) is 1.29. The third-order valence-corrected chi connectivity index (χ3v) is 4.19. The molecule has 3 aromatic rings. The van der Waals surface area contributed by atoms with Gasteiger partial charge in [0, 0.05) is 17.0 Å². The quantitative estimate of drug-likeness (QED) is 0.404. The Hall–Kier alpha value is -2.12. The zero-order chi connectivity index (χ0) is 21.4. The van der Waals surface area contributed by atoms with E-state index in [1.807, 2.05) is 39.8 Å². The van der Waals surface area contributed by atoms with Crippen molar-refractivity contribution in [1.29, 1.82) is 0 Å². The van der Waals surface area contributed by atoms with Gasteiger partial charge in [0.2, 0.25) is 0 Å². The molecule has 1 aromatic heterocycles. The van der Waals surface area contributed by atoms with Crippen LogP contribution in [0.2, 0.25) is 0 Å². The van der Waals surface area contributed by atoms with Gasteiger partial charge in [0.1, 0.15) is 0 Å². The van der Waals surface area contributed by atoms with Crippen molar-refractivity contribution in [3.8, 4) is 0 Å². The maximum Gasteiger partial charge on any atom is 0.0707 e. The topological polar surface area (TPSA) is 12.9 Å². The first-order valence-electron chi connectivity index (χ1n) is 10.2. The Morgan fingerprint density at radius 3 is 2.04 bits per heavy atom. The minimum atomic E-state index is 0.792. The van der Waals surface area contributed by atoms with Gasteiger partial charge in [0.25, 0.3) is 0 Å². The van der Waals surface area contributed by atoms with E-state index in [1.54, 1.807) is 0 Å². The molecule has 0 aliphatic heterocycles. The van der Waals surface area contributed by atoms with E-state index >= 15 is 0 Å². The Morgan fingerprint density at radius 1 is 0.964 bits per heavy atom. The monoisotopic (exact) mass is 397 g/mol. The molecule has 152 valence electrons. The number of aryl methyl sites for hydroxylation is 3. The molecule has 0 bridgehead atoms. The third kappa shape index (κ3) is 9.71. The molecule has 28 heavy (non-hydrogen) atoms. The fourth-order valence-electron chi connectivity index (χ4n) is 2.39. The largest absolute Gasteiger partial charge is 0.253 e. The number of aromatic nitrogens is 1. The number of para-hydroxylation sites is 1. The van der Waals surface area contributed by atoms with Crippen LogP contribution in [0.5, 0.6) is 0 Å². The molecule has 2 aromatic carbocycles. The van der Waals surface area contributed by atoms with E-state index in [9.17, 15) is 0 Å². The second-order valence-electron chi connectivity index (χ2n) is 6.10. The molecule has 1 heterocycles. The second-order valence-corrected chi connectivity index (χ2v) is 6.48. The maximum atomic E-state index is 5.19. The molecule has 0 spiro atoms. The predicted octanol–water partition coefficient (Wildman–Crippen LogP) is 8.41. The van der Waals surface area contributed by atoms with Gasteiger partial charge >= 0.3 is 0 Å². The Labute approximate surface area is 177 Å². The number of hydrogen-bond donors (Lipinski definition) is 0. The first kappa shape index (κ1) is 25.9. The molecule has 0 saturated carbocycles. The van der Waals surface area contributed by atoms with Crippen LogP contribution in [0.15, 0.2) is 61.2 Å². The van der Waals surface area contributed by atoms with E-state index in [1.165, 1.54) is 22.1 Å². The van der Waals surface area contributed by atoms with E-state index in [0.717, 1.165) is 29.9 Å². The van der Waals surface area contributed by atoms with Crippen molar-refractivity contribution < 1.29 is 0 Å². The molecule has 0 saturated heterocycles. The minimum Gasteiger partial charge on any atom is -0.253 e. The Balaban J connectivity index is 0.000000424. The zero-order valence-electron chi connectivity index (χ0n) is 18.4. The number of pyridine rings is 1. The summed E-state index contributed by atoms with van der Waals surface area (Å²) in [6.45, 7) is 16.0. The van der Waals surface area contributed by atoms with Crippen LogP contribution in [0, 0.1) is 13.8 Å². The highest BCUT2D eigenvalue weighted by atomic mass is 35.5. The van der Waals surface area contributed by atoms with Crippen molar-refractivity contribution in [2.24, 2.45) is 0 Å². The second kappa shape index (κ2) is 15.9. The smallest absolute Gasteiger partial charge is 0.0707 e. The summed E-state index contributed by atoms with van der Waals surface area (Å²) in [7, 11) is 0. The molecule has 0 amide bonds. The third-order valence-electron chi connectivity index (χ3n) is 3.81. The lowest BCUT2D eigenvalue weighted by molar-refractivity contribution is 1.10. The van der Waals surface area contributed by atoms with Gasteiger partial charge in [-0.15, -0.1) is 11.6 Å². The fraction of sp³-hybridized carbons (Fsp3) is 0.346. The molecule has 0 aliphatic rings. The van der Waals surface area contributed by atoms with Crippen LogP contribution in [0.4, 0.5) is 0 Å². The SMILES string of the molecule is C=Cc1ccc(C)cc1.CC.CCCCl.CCc1cc(C)nc2ccccc12. The highest BCUT2D eigenvalue weighted by Gasteiger charge is 2.00. The minimum absolute atomic E-state index is 0.792. The summed E-state index contributed by atoms with van der Waals surface area (Å²) in [6.07, 6.45) is 4.00. The molecular formula is C26H36ClN. The van der Waals surface area contributed by atoms with Gasteiger partial charge in [-0.25, -0.2) is 0 Å². The molecule has 1 nitrogen and oxygen atoms in total. The molecule has 0 unspecified atom stereocenters. The van der Waals surface area contributed by atoms with Crippen molar-refractivity contribution in [3.05, 3.63) is 83.6 Å². The number of nitrogens with zero attached hydrogens (tertiary/aromatic N) is 1. The highest BCUT2D eigenvalue weighted by Crippen LogP contribution is 2.18. The molecule has 0 N–H and O–H groups in total. The average molecular weight is 398 g/mol. The van der Waals surface area contributed by atoms with Crippen LogP contribution < -0.4 is 0 Å². The molecule has 2 heteroatoms. The molecule has 0 fully saturated rings. The van der Waals surface area contributed by atoms with Gasteiger partial charge in [-0.05, 0) is 49.9 Å². The lowest BCUT2D eigenvalue weighted by atomic mass is 10.1. The average Bonchev–Trinajstić information content (AvgIpc) is 2.75. The molecule has 0 radical (unpaired) electrons. The van der Waals surface area contributed by atoms with Crippen LogP contribution in [0.1, 0.15) is 56.5 Å². The number of fused-ring (bicyclic) bond motifs is 1. The lowest BCUT2D eigenvalue weighted by Crippen LogP contribution is -1.89. The van der Waals surface area contributed by atoms with E-state index in [-0.39, 0.29) is 0 Å². The summed E-state index contributed by atoms with van der Waals surface area (Å²) in [5.41, 5.74) is 6.08. The van der Waals surface area contributed by atoms with Crippen molar-refractivity contribution >= 4 is 28.6 Å². The van der Waals surface area contributed by atoms with Crippen LogP contribution in [-0.4, -0.2) is 10.9 Å². The van der Waals surface area contributed by atoms with Crippen molar-refractivity contribution in [2.45, 2.75) is 54.4 Å². The standard InChI is InChI=1S/C12H13N.C9H10.C3H7Cl.C2H6/c1-3-10-8-9(2)13-12-7-5-4-6-11(10)12;1-3-9-6-4-8(2)5-7-9;1-2-3-4;1-2/h4-8H,3H2,1-2H3;3-7H,1H2,2H3;2-3H2,1H3;1-2H3. The van der Waals surface area contributed by atoms with Crippen LogP contribution in [0.25, 0.3) is 17.0 Å². The van der Waals surface area contributed by atoms with Gasteiger partial charge in [-0.1, -0.05) is 88.4 Å². The van der Waals surface area contributed by atoms with E-state index in [4.69, 9.17) is 11.6 Å². The number of halogens is 1. The number of alkyl halides is 1.